The first kappa shape index (κ1) is 18.6. The molecule has 0 saturated heterocycles. The number of nitrogens with zero attached hydrogens (tertiary/aromatic N) is 1. The highest BCUT2D eigenvalue weighted by molar-refractivity contribution is 6.22. The van der Waals surface area contributed by atoms with E-state index in [1.54, 1.807) is 52.0 Å². The molecule has 0 bridgehead atoms. The van der Waals surface area contributed by atoms with Crippen LogP contribution in [0.15, 0.2) is 24.3 Å². The Bertz CT molecular complexity index is 691. The van der Waals surface area contributed by atoms with Crippen LogP contribution in [0.4, 0.5) is 0 Å². The van der Waals surface area contributed by atoms with E-state index in [-0.39, 0.29) is 23.0 Å². The van der Waals surface area contributed by atoms with Crippen molar-refractivity contribution < 1.29 is 24.3 Å². The number of hydrogen-bond donors (Lipinski definition) is 2. The summed E-state index contributed by atoms with van der Waals surface area (Å²) >= 11 is 0. The van der Waals surface area contributed by atoms with Crippen LogP contribution in [0.5, 0.6) is 0 Å². The zero-order valence-corrected chi connectivity index (χ0v) is 14.6. The molecule has 25 heavy (non-hydrogen) atoms. The van der Waals surface area contributed by atoms with Gasteiger partial charge < -0.3 is 10.4 Å². The number of fused-ring (bicyclic) bond motifs is 1. The molecule has 2 rings (SSSR count). The highest BCUT2D eigenvalue weighted by atomic mass is 16.4. The number of aliphatic carboxylic acids is 1. The van der Waals surface area contributed by atoms with Gasteiger partial charge in [0.05, 0.1) is 11.1 Å². The molecule has 0 aromatic heterocycles. The van der Waals surface area contributed by atoms with E-state index in [9.17, 15) is 24.3 Å². The summed E-state index contributed by atoms with van der Waals surface area (Å²) < 4.78 is 0. The Kier molecular flexibility index (Phi) is 5.25. The summed E-state index contributed by atoms with van der Waals surface area (Å²) in [5.41, 5.74) is 0.509. The number of rotatable bonds is 6. The van der Waals surface area contributed by atoms with Crippen LogP contribution in [-0.4, -0.2) is 45.8 Å². The van der Waals surface area contributed by atoms with Crippen molar-refractivity contribution in [2.24, 2.45) is 11.8 Å². The van der Waals surface area contributed by atoms with E-state index in [0.29, 0.717) is 0 Å². The monoisotopic (exact) mass is 346 g/mol. The maximum absolute atomic E-state index is 12.7. The first-order valence-corrected chi connectivity index (χ1v) is 8.16. The summed E-state index contributed by atoms with van der Waals surface area (Å²) in [5.74, 6) is -3.59. The highest BCUT2D eigenvalue weighted by Gasteiger charge is 2.44. The van der Waals surface area contributed by atoms with Crippen molar-refractivity contribution in [1.29, 1.82) is 0 Å². The zero-order valence-electron chi connectivity index (χ0n) is 14.6. The van der Waals surface area contributed by atoms with Crippen LogP contribution in [0.3, 0.4) is 0 Å². The van der Waals surface area contributed by atoms with Crippen molar-refractivity contribution in [3.8, 4) is 0 Å². The van der Waals surface area contributed by atoms with Crippen LogP contribution in [-0.2, 0) is 9.59 Å². The minimum Gasteiger partial charge on any atom is -0.480 e. The van der Waals surface area contributed by atoms with Gasteiger partial charge >= 0.3 is 5.97 Å². The summed E-state index contributed by atoms with van der Waals surface area (Å²) in [5, 5.41) is 11.7. The van der Waals surface area contributed by atoms with Gasteiger partial charge in [-0.15, -0.1) is 0 Å². The number of nitrogens with one attached hydrogen (secondary N) is 1. The van der Waals surface area contributed by atoms with Crippen LogP contribution >= 0.6 is 0 Å². The van der Waals surface area contributed by atoms with Crippen molar-refractivity contribution in [1.82, 2.24) is 10.2 Å². The van der Waals surface area contributed by atoms with E-state index in [4.69, 9.17) is 0 Å². The number of carboxylic acids is 1. The average molecular weight is 346 g/mol. The van der Waals surface area contributed by atoms with Gasteiger partial charge in [-0.2, -0.15) is 0 Å². The number of hydrogen-bond acceptors (Lipinski definition) is 4. The Morgan fingerprint density at radius 2 is 1.44 bits per heavy atom. The van der Waals surface area contributed by atoms with Gasteiger partial charge in [-0.25, -0.2) is 4.79 Å². The number of carboxylic acid groups (broad SMARTS) is 1. The molecule has 3 amide bonds. The molecule has 1 unspecified atom stereocenters. The van der Waals surface area contributed by atoms with E-state index >= 15 is 0 Å². The lowest BCUT2D eigenvalue weighted by Crippen LogP contribution is -2.56. The van der Waals surface area contributed by atoms with Crippen molar-refractivity contribution in [2.75, 3.05) is 0 Å². The Hall–Kier alpha value is -2.70. The maximum atomic E-state index is 12.7. The van der Waals surface area contributed by atoms with Crippen molar-refractivity contribution >= 4 is 23.7 Å². The zero-order chi connectivity index (χ0) is 18.9. The van der Waals surface area contributed by atoms with E-state index in [2.05, 4.69) is 5.32 Å². The van der Waals surface area contributed by atoms with Crippen LogP contribution < -0.4 is 5.32 Å². The molecular weight excluding hydrogens is 324 g/mol. The minimum absolute atomic E-state index is 0.254. The number of amides is 3. The third-order valence-corrected chi connectivity index (χ3v) is 4.23. The molecule has 0 spiro atoms. The molecule has 0 radical (unpaired) electrons. The quantitative estimate of drug-likeness (QED) is 0.760. The molecule has 0 fully saturated rings. The van der Waals surface area contributed by atoms with Crippen LogP contribution in [0, 0.1) is 11.8 Å². The van der Waals surface area contributed by atoms with Crippen molar-refractivity contribution in [2.45, 2.75) is 39.8 Å². The van der Waals surface area contributed by atoms with E-state index in [0.717, 1.165) is 4.90 Å². The summed E-state index contributed by atoms with van der Waals surface area (Å²) in [4.78, 5) is 50.2. The standard InChI is InChI=1S/C18H22N2O5/c1-9(2)13(18(24)25)19-15(21)14(10(3)4)20-16(22)11-7-5-6-8-12(11)17(20)23/h5-10,13-14H,1-4H3,(H,19,21)(H,24,25)/t13?,14-/m0/s1. The first-order chi connectivity index (χ1) is 11.7. The third-order valence-electron chi connectivity index (χ3n) is 4.23. The Morgan fingerprint density at radius 3 is 1.80 bits per heavy atom. The molecule has 7 nitrogen and oxygen atoms in total. The predicted molar refractivity (Wildman–Crippen MR) is 90.0 cm³/mol. The summed E-state index contributed by atoms with van der Waals surface area (Å²) in [6, 6.07) is 4.21. The smallest absolute Gasteiger partial charge is 0.326 e. The number of imide groups is 1. The van der Waals surface area contributed by atoms with Crippen LogP contribution in [0.25, 0.3) is 0 Å². The van der Waals surface area contributed by atoms with E-state index in [1.165, 1.54) is 0 Å². The third kappa shape index (κ3) is 3.40. The van der Waals surface area contributed by atoms with Crippen molar-refractivity contribution in [3.63, 3.8) is 0 Å². The van der Waals surface area contributed by atoms with E-state index < -0.39 is 35.8 Å². The topological polar surface area (TPSA) is 104 Å². The normalized spacial score (nSPS) is 16.2. The summed E-state index contributed by atoms with van der Waals surface area (Å²) in [7, 11) is 0. The fourth-order valence-electron chi connectivity index (χ4n) is 2.93. The Labute approximate surface area is 146 Å². The molecule has 2 atom stereocenters. The van der Waals surface area contributed by atoms with E-state index in [1.807, 2.05) is 0 Å². The van der Waals surface area contributed by atoms with Gasteiger partial charge in [0.1, 0.15) is 12.1 Å². The minimum atomic E-state index is -1.16. The van der Waals surface area contributed by atoms with Crippen molar-refractivity contribution in [3.05, 3.63) is 35.4 Å². The number of carbonyl (C=O) groups is 4. The lowest BCUT2D eigenvalue weighted by molar-refractivity contribution is -0.144. The lowest BCUT2D eigenvalue weighted by Gasteiger charge is -2.30. The lowest BCUT2D eigenvalue weighted by atomic mass is 9.99. The van der Waals surface area contributed by atoms with Crippen LogP contribution in [0.1, 0.15) is 48.4 Å². The Balaban J connectivity index is 2.33. The summed E-state index contributed by atoms with van der Waals surface area (Å²) in [6.45, 7) is 6.76. The fraction of sp³-hybridized carbons (Fsp3) is 0.444. The molecule has 1 aromatic rings. The number of benzene rings is 1. The molecular formula is C18H22N2O5. The van der Waals surface area contributed by atoms with Gasteiger partial charge in [0.2, 0.25) is 5.91 Å². The fourth-order valence-corrected chi connectivity index (χ4v) is 2.93. The molecule has 134 valence electrons. The largest absolute Gasteiger partial charge is 0.480 e. The predicted octanol–water partition coefficient (Wildman–Crippen LogP) is 1.53. The molecule has 1 aliphatic rings. The van der Waals surface area contributed by atoms with Crippen LogP contribution in [0.2, 0.25) is 0 Å². The Morgan fingerprint density at radius 1 is 0.960 bits per heavy atom. The molecule has 0 aliphatic carbocycles. The molecule has 7 heteroatoms. The molecule has 2 N–H and O–H groups in total. The van der Waals surface area contributed by atoms with Gasteiger partial charge in [0.15, 0.2) is 0 Å². The van der Waals surface area contributed by atoms with Gasteiger partial charge in [0, 0.05) is 0 Å². The van der Waals surface area contributed by atoms with Gasteiger partial charge in [-0.3, -0.25) is 19.3 Å². The molecule has 1 heterocycles. The average Bonchev–Trinajstić information content (AvgIpc) is 2.77. The van der Waals surface area contributed by atoms with Gasteiger partial charge in [-0.05, 0) is 24.0 Å². The second kappa shape index (κ2) is 7.04. The SMILES string of the molecule is CC(C)C(NC(=O)[C@H](C(C)C)N1C(=O)c2ccccc2C1=O)C(=O)O. The summed E-state index contributed by atoms with van der Waals surface area (Å²) in [6.07, 6.45) is 0. The van der Waals surface area contributed by atoms with Gasteiger partial charge in [0.25, 0.3) is 11.8 Å². The molecule has 0 saturated carbocycles. The second-order valence-electron chi connectivity index (χ2n) is 6.78. The second-order valence-corrected chi connectivity index (χ2v) is 6.78. The highest BCUT2D eigenvalue weighted by Crippen LogP contribution is 2.27. The maximum Gasteiger partial charge on any atom is 0.326 e. The van der Waals surface area contributed by atoms with Gasteiger partial charge in [-0.1, -0.05) is 39.8 Å². The molecule has 1 aromatic carbocycles. The number of carbonyl (C=O) groups excluding carboxylic acids is 3. The molecule has 1 aliphatic heterocycles. The first-order valence-electron chi connectivity index (χ1n) is 8.16.